The van der Waals surface area contributed by atoms with E-state index < -0.39 is 0 Å². The van der Waals surface area contributed by atoms with Gasteiger partial charge in [-0.15, -0.1) is 0 Å². The standard InChI is InChI=1S/C12H17NO3/c1-9-4-5-11(16-7-6-15-3)8-12(9)13-10(2)14/h4-5,8H,6-7H2,1-3H3,(H,13,14). The van der Waals surface area contributed by atoms with Crippen molar-refractivity contribution in [3.63, 3.8) is 0 Å². The van der Waals surface area contributed by atoms with Crippen molar-refractivity contribution < 1.29 is 14.3 Å². The van der Waals surface area contributed by atoms with Gasteiger partial charge in [0.1, 0.15) is 12.4 Å². The minimum absolute atomic E-state index is 0.0860. The maximum absolute atomic E-state index is 11.0. The summed E-state index contributed by atoms with van der Waals surface area (Å²) >= 11 is 0. The van der Waals surface area contributed by atoms with E-state index in [1.54, 1.807) is 7.11 Å². The van der Waals surface area contributed by atoms with Crippen LogP contribution in [0.15, 0.2) is 18.2 Å². The van der Waals surface area contributed by atoms with Crippen molar-refractivity contribution in [3.05, 3.63) is 23.8 Å². The van der Waals surface area contributed by atoms with E-state index in [4.69, 9.17) is 9.47 Å². The fourth-order valence-electron chi connectivity index (χ4n) is 1.26. The Morgan fingerprint density at radius 2 is 2.12 bits per heavy atom. The summed E-state index contributed by atoms with van der Waals surface area (Å²) in [5, 5.41) is 2.75. The van der Waals surface area contributed by atoms with Crippen LogP contribution in [0.4, 0.5) is 5.69 Å². The minimum atomic E-state index is -0.0860. The lowest BCUT2D eigenvalue weighted by molar-refractivity contribution is -0.114. The Balaban J connectivity index is 2.69. The highest BCUT2D eigenvalue weighted by Crippen LogP contribution is 2.21. The van der Waals surface area contributed by atoms with Crippen LogP contribution in [0.1, 0.15) is 12.5 Å². The van der Waals surface area contributed by atoms with Crippen molar-refractivity contribution >= 4 is 11.6 Å². The molecule has 0 radical (unpaired) electrons. The molecule has 1 amide bonds. The van der Waals surface area contributed by atoms with Crippen LogP contribution in [0.5, 0.6) is 5.75 Å². The molecule has 0 aromatic heterocycles. The normalized spacial score (nSPS) is 9.94. The number of benzene rings is 1. The average Bonchev–Trinajstić information content (AvgIpc) is 2.22. The smallest absolute Gasteiger partial charge is 0.221 e. The SMILES string of the molecule is COCCOc1ccc(C)c(NC(C)=O)c1. The molecule has 0 aliphatic heterocycles. The molecule has 1 rings (SSSR count). The lowest BCUT2D eigenvalue weighted by Gasteiger charge is -2.10. The van der Waals surface area contributed by atoms with Gasteiger partial charge in [0, 0.05) is 25.8 Å². The van der Waals surface area contributed by atoms with E-state index >= 15 is 0 Å². The molecule has 0 spiro atoms. The molecule has 0 saturated carbocycles. The van der Waals surface area contributed by atoms with Gasteiger partial charge in [0.2, 0.25) is 5.91 Å². The van der Waals surface area contributed by atoms with E-state index in [0.717, 1.165) is 17.0 Å². The summed E-state index contributed by atoms with van der Waals surface area (Å²) in [5.74, 6) is 0.642. The number of rotatable bonds is 5. The Bertz CT molecular complexity index is 363. The third-order valence-electron chi connectivity index (χ3n) is 2.08. The van der Waals surface area contributed by atoms with Crippen molar-refractivity contribution in [2.24, 2.45) is 0 Å². The monoisotopic (exact) mass is 223 g/mol. The van der Waals surface area contributed by atoms with Crippen LogP contribution >= 0.6 is 0 Å². The Labute approximate surface area is 95.6 Å². The third kappa shape index (κ3) is 3.90. The van der Waals surface area contributed by atoms with Gasteiger partial charge < -0.3 is 14.8 Å². The number of nitrogens with one attached hydrogen (secondary N) is 1. The van der Waals surface area contributed by atoms with Gasteiger partial charge in [-0.05, 0) is 18.6 Å². The zero-order valence-corrected chi connectivity index (χ0v) is 9.87. The fraction of sp³-hybridized carbons (Fsp3) is 0.417. The highest BCUT2D eigenvalue weighted by atomic mass is 16.5. The molecule has 1 aromatic carbocycles. The Morgan fingerprint density at radius 1 is 1.38 bits per heavy atom. The molecule has 4 nitrogen and oxygen atoms in total. The van der Waals surface area contributed by atoms with E-state index in [9.17, 15) is 4.79 Å². The number of anilines is 1. The van der Waals surface area contributed by atoms with Crippen LogP contribution in [-0.2, 0) is 9.53 Å². The first-order valence-corrected chi connectivity index (χ1v) is 5.13. The van der Waals surface area contributed by atoms with Crippen LogP contribution in [0.25, 0.3) is 0 Å². The van der Waals surface area contributed by atoms with Crippen molar-refractivity contribution in [2.75, 3.05) is 25.6 Å². The number of hydrogen-bond acceptors (Lipinski definition) is 3. The van der Waals surface area contributed by atoms with Gasteiger partial charge in [-0.25, -0.2) is 0 Å². The van der Waals surface area contributed by atoms with Crippen molar-refractivity contribution in [1.29, 1.82) is 0 Å². The summed E-state index contributed by atoms with van der Waals surface area (Å²) in [4.78, 5) is 11.0. The molecular formula is C12H17NO3. The second-order valence-corrected chi connectivity index (χ2v) is 3.50. The summed E-state index contributed by atoms with van der Waals surface area (Å²) in [6, 6.07) is 5.59. The van der Waals surface area contributed by atoms with Crippen molar-refractivity contribution in [2.45, 2.75) is 13.8 Å². The second kappa shape index (κ2) is 6.12. The molecule has 0 aliphatic rings. The van der Waals surface area contributed by atoms with E-state index in [-0.39, 0.29) is 5.91 Å². The summed E-state index contributed by atoms with van der Waals surface area (Å²) in [6.45, 7) is 4.46. The van der Waals surface area contributed by atoms with E-state index in [2.05, 4.69) is 5.32 Å². The average molecular weight is 223 g/mol. The first-order valence-electron chi connectivity index (χ1n) is 5.13. The molecule has 4 heteroatoms. The summed E-state index contributed by atoms with van der Waals surface area (Å²) < 4.78 is 10.3. The predicted octanol–water partition coefficient (Wildman–Crippen LogP) is 1.98. The molecule has 0 atom stereocenters. The van der Waals surface area contributed by atoms with E-state index in [1.165, 1.54) is 6.92 Å². The molecule has 88 valence electrons. The van der Waals surface area contributed by atoms with Gasteiger partial charge >= 0.3 is 0 Å². The predicted molar refractivity (Wildman–Crippen MR) is 62.9 cm³/mol. The number of methoxy groups -OCH3 is 1. The Kier molecular flexibility index (Phi) is 4.79. The van der Waals surface area contributed by atoms with Crippen LogP contribution in [-0.4, -0.2) is 26.2 Å². The van der Waals surface area contributed by atoms with E-state index in [0.29, 0.717) is 13.2 Å². The van der Waals surface area contributed by atoms with Crippen LogP contribution in [0.2, 0.25) is 0 Å². The number of aryl methyl sites for hydroxylation is 1. The lowest BCUT2D eigenvalue weighted by atomic mass is 10.2. The third-order valence-corrected chi connectivity index (χ3v) is 2.08. The highest BCUT2D eigenvalue weighted by molar-refractivity contribution is 5.89. The topological polar surface area (TPSA) is 47.6 Å². The number of carbonyl (C=O) groups is 1. The first kappa shape index (κ1) is 12.5. The summed E-state index contributed by atoms with van der Waals surface area (Å²) in [7, 11) is 1.63. The molecule has 0 heterocycles. The van der Waals surface area contributed by atoms with Gasteiger partial charge in [-0.3, -0.25) is 4.79 Å². The zero-order valence-electron chi connectivity index (χ0n) is 9.87. The van der Waals surface area contributed by atoms with Crippen LogP contribution in [0, 0.1) is 6.92 Å². The van der Waals surface area contributed by atoms with Crippen molar-refractivity contribution in [3.8, 4) is 5.75 Å². The molecular weight excluding hydrogens is 206 g/mol. The van der Waals surface area contributed by atoms with Crippen molar-refractivity contribution in [1.82, 2.24) is 0 Å². The lowest BCUT2D eigenvalue weighted by Crippen LogP contribution is -2.08. The van der Waals surface area contributed by atoms with E-state index in [1.807, 2.05) is 25.1 Å². The molecule has 0 aliphatic carbocycles. The summed E-state index contributed by atoms with van der Waals surface area (Å²) in [5.41, 5.74) is 1.79. The van der Waals surface area contributed by atoms with Crippen LogP contribution < -0.4 is 10.1 Å². The Hall–Kier alpha value is -1.55. The number of amides is 1. The van der Waals surface area contributed by atoms with Gasteiger partial charge in [-0.2, -0.15) is 0 Å². The van der Waals surface area contributed by atoms with Gasteiger partial charge in [0.25, 0.3) is 0 Å². The fourth-order valence-corrected chi connectivity index (χ4v) is 1.26. The largest absolute Gasteiger partial charge is 0.491 e. The molecule has 0 saturated heterocycles. The second-order valence-electron chi connectivity index (χ2n) is 3.50. The Morgan fingerprint density at radius 3 is 2.75 bits per heavy atom. The molecule has 0 unspecified atom stereocenters. The summed E-state index contributed by atoms with van der Waals surface area (Å²) in [6.07, 6.45) is 0. The number of ether oxygens (including phenoxy) is 2. The number of carbonyl (C=O) groups excluding carboxylic acids is 1. The maximum atomic E-state index is 11.0. The minimum Gasteiger partial charge on any atom is -0.491 e. The van der Waals surface area contributed by atoms with Gasteiger partial charge in [0.15, 0.2) is 0 Å². The van der Waals surface area contributed by atoms with Gasteiger partial charge in [0.05, 0.1) is 6.61 Å². The molecule has 0 bridgehead atoms. The van der Waals surface area contributed by atoms with Gasteiger partial charge in [-0.1, -0.05) is 6.07 Å². The quantitative estimate of drug-likeness (QED) is 0.776. The molecule has 1 aromatic rings. The maximum Gasteiger partial charge on any atom is 0.221 e. The highest BCUT2D eigenvalue weighted by Gasteiger charge is 2.02. The zero-order chi connectivity index (χ0) is 12.0. The first-order chi connectivity index (χ1) is 7.63. The number of hydrogen-bond donors (Lipinski definition) is 1. The molecule has 16 heavy (non-hydrogen) atoms. The molecule has 1 N–H and O–H groups in total. The molecule has 0 fully saturated rings. The van der Waals surface area contributed by atoms with Crippen LogP contribution in [0.3, 0.4) is 0 Å².